The number of nitrogen functional groups attached to an aromatic ring is 1. The Morgan fingerprint density at radius 3 is 2.78 bits per heavy atom. The Morgan fingerprint density at radius 2 is 2.11 bits per heavy atom. The lowest BCUT2D eigenvalue weighted by Crippen LogP contribution is -2.11. The van der Waals surface area contributed by atoms with Crippen LogP contribution in [-0.4, -0.2) is 12.5 Å². The molecule has 1 aliphatic rings. The smallest absolute Gasteiger partial charge is 0.228 e. The number of hydrogen-bond donors (Lipinski definition) is 2. The molecule has 0 spiro atoms. The van der Waals surface area contributed by atoms with Crippen molar-refractivity contribution in [3.63, 3.8) is 0 Å². The van der Waals surface area contributed by atoms with Gasteiger partial charge in [-0.15, -0.1) is 0 Å². The van der Waals surface area contributed by atoms with Crippen LogP contribution in [-0.2, 0) is 11.2 Å². The fraction of sp³-hybridized carbons (Fsp3) is 0.500. The summed E-state index contributed by atoms with van der Waals surface area (Å²) in [6.45, 7) is 7.13. The van der Waals surface area contributed by atoms with E-state index in [4.69, 9.17) is 10.5 Å². The average molecular weight is 248 g/mol. The molecule has 0 bridgehead atoms. The molecule has 1 aliphatic heterocycles. The fourth-order valence-electron chi connectivity index (χ4n) is 1.87. The monoisotopic (exact) mass is 248 g/mol. The van der Waals surface area contributed by atoms with E-state index in [0.29, 0.717) is 24.5 Å². The number of anilines is 2. The van der Waals surface area contributed by atoms with Crippen LogP contribution in [0.15, 0.2) is 12.1 Å². The van der Waals surface area contributed by atoms with E-state index in [9.17, 15) is 4.79 Å². The van der Waals surface area contributed by atoms with Crippen molar-refractivity contribution in [1.82, 2.24) is 0 Å². The van der Waals surface area contributed by atoms with Crippen LogP contribution in [0.1, 0.15) is 32.8 Å². The van der Waals surface area contributed by atoms with Crippen LogP contribution in [0.5, 0.6) is 5.75 Å². The molecular formula is C14H20N2O2. The summed E-state index contributed by atoms with van der Waals surface area (Å²) in [5, 5.41) is 2.80. The van der Waals surface area contributed by atoms with Crippen molar-refractivity contribution in [2.75, 3.05) is 17.7 Å². The van der Waals surface area contributed by atoms with Crippen LogP contribution in [0.2, 0.25) is 0 Å². The first-order valence-corrected chi connectivity index (χ1v) is 6.20. The zero-order valence-electron chi connectivity index (χ0n) is 11.2. The summed E-state index contributed by atoms with van der Waals surface area (Å²) < 4.78 is 5.70. The van der Waals surface area contributed by atoms with Gasteiger partial charge in [0, 0.05) is 11.8 Å². The largest absolute Gasteiger partial charge is 0.491 e. The van der Waals surface area contributed by atoms with Crippen molar-refractivity contribution in [3.8, 4) is 5.75 Å². The van der Waals surface area contributed by atoms with E-state index in [1.807, 2.05) is 12.1 Å². The maximum Gasteiger partial charge on any atom is 0.228 e. The molecule has 0 fully saturated rings. The summed E-state index contributed by atoms with van der Waals surface area (Å²) in [4.78, 5) is 11.3. The van der Waals surface area contributed by atoms with Crippen LogP contribution in [0, 0.1) is 5.41 Å². The summed E-state index contributed by atoms with van der Waals surface area (Å²) in [6.07, 6.45) is 1.36. The molecule has 0 saturated heterocycles. The number of amides is 1. The minimum Gasteiger partial charge on any atom is -0.491 e. The highest BCUT2D eigenvalue weighted by atomic mass is 16.5. The van der Waals surface area contributed by atoms with Crippen LogP contribution in [0.3, 0.4) is 0 Å². The lowest BCUT2D eigenvalue weighted by atomic mass is 9.93. The molecule has 0 aromatic heterocycles. The summed E-state index contributed by atoms with van der Waals surface area (Å²) in [6, 6.07) is 3.64. The first kappa shape index (κ1) is 12.7. The first-order chi connectivity index (χ1) is 8.35. The van der Waals surface area contributed by atoms with Crippen molar-refractivity contribution < 1.29 is 9.53 Å². The quantitative estimate of drug-likeness (QED) is 0.808. The van der Waals surface area contributed by atoms with Gasteiger partial charge in [0.2, 0.25) is 5.91 Å². The molecule has 18 heavy (non-hydrogen) atoms. The molecule has 2 rings (SSSR count). The highest BCUT2D eigenvalue weighted by molar-refractivity contribution is 6.00. The van der Waals surface area contributed by atoms with Crippen molar-refractivity contribution in [2.45, 2.75) is 33.6 Å². The zero-order chi connectivity index (χ0) is 13.3. The van der Waals surface area contributed by atoms with Gasteiger partial charge >= 0.3 is 0 Å². The predicted molar refractivity (Wildman–Crippen MR) is 72.8 cm³/mol. The van der Waals surface area contributed by atoms with E-state index >= 15 is 0 Å². The number of carbonyl (C=O) groups excluding carboxylic acids is 1. The van der Waals surface area contributed by atoms with Gasteiger partial charge in [-0.05, 0) is 23.5 Å². The average Bonchev–Trinajstić information content (AvgIpc) is 2.55. The second-order valence-corrected chi connectivity index (χ2v) is 5.93. The maximum atomic E-state index is 11.3. The van der Waals surface area contributed by atoms with Gasteiger partial charge in [0.05, 0.1) is 18.7 Å². The Kier molecular flexibility index (Phi) is 3.20. The van der Waals surface area contributed by atoms with Crippen LogP contribution in [0.25, 0.3) is 0 Å². The van der Waals surface area contributed by atoms with Crippen molar-refractivity contribution in [1.29, 1.82) is 0 Å². The van der Waals surface area contributed by atoms with Gasteiger partial charge < -0.3 is 15.8 Å². The molecule has 98 valence electrons. The molecule has 1 amide bonds. The Morgan fingerprint density at radius 1 is 1.39 bits per heavy atom. The van der Waals surface area contributed by atoms with Crippen molar-refractivity contribution in [3.05, 3.63) is 17.7 Å². The maximum absolute atomic E-state index is 11.3. The minimum absolute atomic E-state index is 0.0104. The summed E-state index contributed by atoms with van der Waals surface area (Å²) >= 11 is 0. The molecule has 0 saturated carbocycles. The Bertz CT molecular complexity index is 475. The Balaban J connectivity index is 2.06. The van der Waals surface area contributed by atoms with E-state index in [0.717, 1.165) is 17.7 Å². The van der Waals surface area contributed by atoms with E-state index in [-0.39, 0.29) is 11.3 Å². The van der Waals surface area contributed by atoms with Crippen LogP contribution >= 0.6 is 0 Å². The number of carbonyl (C=O) groups is 1. The predicted octanol–water partition coefficient (Wildman–Crippen LogP) is 2.58. The summed E-state index contributed by atoms with van der Waals surface area (Å²) in [5.74, 6) is 0.663. The molecule has 4 heteroatoms. The van der Waals surface area contributed by atoms with E-state index in [1.54, 1.807) is 0 Å². The second-order valence-electron chi connectivity index (χ2n) is 5.93. The normalized spacial score (nSPS) is 14.3. The molecule has 0 aliphatic carbocycles. The van der Waals surface area contributed by atoms with Gasteiger partial charge in [-0.25, -0.2) is 0 Å². The summed E-state index contributed by atoms with van der Waals surface area (Å²) in [5.41, 5.74) is 8.52. The highest BCUT2D eigenvalue weighted by Gasteiger charge is 2.20. The van der Waals surface area contributed by atoms with Gasteiger partial charge in [0.25, 0.3) is 0 Å². The molecule has 0 radical (unpaired) electrons. The SMILES string of the molecule is CC(C)(C)CCOc1cc2c(cc1N)CC(=O)N2. The number of rotatable bonds is 3. The third-order valence-electron chi connectivity index (χ3n) is 2.97. The minimum atomic E-state index is 0.0104. The Labute approximate surface area is 108 Å². The third-order valence-corrected chi connectivity index (χ3v) is 2.97. The molecule has 1 heterocycles. The lowest BCUT2D eigenvalue weighted by Gasteiger charge is -2.19. The van der Waals surface area contributed by atoms with E-state index in [2.05, 4.69) is 26.1 Å². The highest BCUT2D eigenvalue weighted by Crippen LogP contribution is 2.33. The number of benzene rings is 1. The second kappa shape index (κ2) is 4.52. The lowest BCUT2D eigenvalue weighted by molar-refractivity contribution is -0.115. The number of nitrogens with one attached hydrogen (secondary N) is 1. The van der Waals surface area contributed by atoms with Gasteiger partial charge in [0.1, 0.15) is 5.75 Å². The van der Waals surface area contributed by atoms with Gasteiger partial charge in [-0.1, -0.05) is 20.8 Å². The van der Waals surface area contributed by atoms with Crippen molar-refractivity contribution in [2.24, 2.45) is 5.41 Å². The van der Waals surface area contributed by atoms with E-state index in [1.165, 1.54) is 0 Å². The van der Waals surface area contributed by atoms with Crippen molar-refractivity contribution >= 4 is 17.3 Å². The zero-order valence-corrected chi connectivity index (χ0v) is 11.2. The number of nitrogens with two attached hydrogens (primary N) is 1. The van der Waals surface area contributed by atoms with Crippen LogP contribution < -0.4 is 15.8 Å². The third kappa shape index (κ3) is 2.94. The standard InChI is InChI=1S/C14H20N2O2/c1-14(2,3)4-5-18-12-8-11-9(6-10(12)15)7-13(17)16-11/h6,8H,4-5,7,15H2,1-3H3,(H,16,17). The number of hydrogen-bond acceptors (Lipinski definition) is 3. The number of fused-ring (bicyclic) bond motifs is 1. The first-order valence-electron chi connectivity index (χ1n) is 6.20. The molecule has 0 unspecified atom stereocenters. The van der Waals surface area contributed by atoms with Gasteiger partial charge in [-0.2, -0.15) is 0 Å². The van der Waals surface area contributed by atoms with Gasteiger partial charge in [-0.3, -0.25) is 4.79 Å². The molecule has 3 N–H and O–H groups in total. The van der Waals surface area contributed by atoms with Crippen LogP contribution in [0.4, 0.5) is 11.4 Å². The molecular weight excluding hydrogens is 228 g/mol. The Hall–Kier alpha value is -1.71. The molecule has 0 atom stereocenters. The molecule has 4 nitrogen and oxygen atoms in total. The van der Waals surface area contributed by atoms with Gasteiger partial charge in [0.15, 0.2) is 0 Å². The number of ether oxygens (including phenoxy) is 1. The van der Waals surface area contributed by atoms with E-state index < -0.39 is 0 Å². The molecule has 1 aromatic carbocycles. The topological polar surface area (TPSA) is 64.3 Å². The molecule has 1 aromatic rings. The fourth-order valence-corrected chi connectivity index (χ4v) is 1.87. The summed E-state index contributed by atoms with van der Waals surface area (Å²) in [7, 11) is 0.